The van der Waals surface area contributed by atoms with E-state index in [-0.39, 0.29) is 5.41 Å². The number of ether oxygens (including phenoxy) is 1. The van der Waals surface area contributed by atoms with E-state index in [0.29, 0.717) is 18.4 Å². The van der Waals surface area contributed by atoms with Crippen LogP contribution in [0.5, 0.6) is 5.75 Å². The minimum atomic E-state index is 0.00912. The lowest BCUT2D eigenvalue weighted by Crippen LogP contribution is -2.14. The fraction of sp³-hybridized carbons (Fsp3) is 0.286. The number of benzene rings is 2. The molecule has 3 rings (SSSR count). The molecule has 0 saturated heterocycles. The highest BCUT2D eigenvalue weighted by molar-refractivity contribution is 5.62. The standard InChI is InChI=1S/C21H25N5O/c1-5-27-16-12-10-15(11-13-16)23-19-14-22-26-20(25-19)24-18-9-7-6-8-17(18)21(2,3)4/h6-14H,5H2,1-4H3,(H2,23,24,25,26). The summed E-state index contributed by atoms with van der Waals surface area (Å²) in [5.41, 5.74) is 3.08. The van der Waals surface area contributed by atoms with E-state index in [1.54, 1.807) is 6.20 Å². The third kappa shape index (κ3) is 4.94. The van der Waals surface area contributed by atoms with Gasteiger partial charge in [-0.05, 0) is 48.2 Å². The third-order valence-corrected chi connectivity index (χ3v) is 3.98. The molecule has 140 valence electrons. The summed E-state index contributed by atoms with van der Waals surface area (Å²) in [7, 11) is 0. The average molecular weight is 363 g/mol. The van der Waals surface area contributed by atoms with Crippen molar-refractivity contribution in [2.75, 3.05) is 17.2 Å². The van der Waals surface area contributed by atoms with Gasteiger partial charge in [0.2, 0.25) is 5.95 Å². The van der Waals surface area contributed by atoms with Crippen LogP contribution in [0.25, 0.3) is 0 Å². The summed E-state index contributed by atoms with van der Waals surface area (Å²) in [6.07, 6.45) is 1.59. The molecular weight excluding hydrogens is 338 g/mol. The number of nitrogens with one attached hydrogen (secondary N) is 2. The van der Waals surface area contributed by atoms with E-state index >= 15 is 0 Å². The molecule has 0 saturated carbocycles. The van der Waals surface area contributed by atoms with E-state index < -0.39 is 0 Å². The first-order valence-corrected chi connectivity index (χ1v) is 9.02. The number of para-hydroxylation sites is 1. The molecule has 0 aliphatic heterocycles. The van der Waals surface area contributed by atoms with E-state index in [1.807, 2.05) is 49.4 Å². The van der Waals surface area contributed by atoms with Gasteiger partial charge in [0, 0.05) is 11.4 Å². The van der Waals surface area contributed by atoms with Crippen molar-refractivity contribution in [2.45, 2.75) is 33.1 Å². The maximum atomic E-state index is 5.46. The minimum absolute atomic E-state index is 0.00912. The molecule has 0 aliphatic rings. The molecule has 1 heterocycles. The van der Waals surface area contributed by atoms with Gasteiger partial charge in [0.15, 0.2) is 5.82 Å². The van der Waals surface area contributed by atoms with Crippen molar-refractivity contribution in [3.8, 4) is 5.75 Å². The van der Waals surface area contributed by atoms with Crippen LogP contribution in [0, 0.1) is 0 Å². The summed E-state index contributed by atoms with van der Waals surface area (Å²) in [6, 6.07) is 15.9. The Labute approximate surface area is 160 Å². The topological polar surface area (TPSA) is 72.0 Å². The second kappa shape index (κ2) is 8.03. The molecule has 0 bridgehead atoms. The van der Waals surface area contributed by atoms with Gasteiger partial charge in [-0.3, -0.25) is 0 Å². The van der Waals surface area contributed by atoms with Crippen molar-refractivity contribution in [3.05, 3.63) is 60.3 Å². The Balaban J connectivity index is 1.77. The fourth-order valence-corrected chi connectivity index (χ4v) is 2.73. The smallest absolute Gasteiger partial charge is 0.249 e. The molecule has 0 radical (unpaired) electrons. The summed E-state index contributed by atoms with van der Waals surface area (Å²) in [5, 5.41) is 14.7. The SMILES string of the molecule is CCOc1ccc(Nc2cnnc(Nc3ccccc3C(C)(C)C)n2)cc1. The van der Waals surface area contributed by atoms with E-state index in [2.05, 4.69) is 52.7 Å². The Hall–Kier alpha value is -3.15. The Morgan fingerprint density at radius 2 is 1.70 bits per heavy atom. The monoisotopic (exact) mass is 363 g/mol. The number of hydrogen-bond donors (Lipinski definition) is 2. The number of hydrogen-bond acceptors (Lipinski definition) is 6. The Bertz CT molecular complexity index is 888. The van der Waals surface area contributed by atoms with Crippen LogP contribution in [0.1, 0.15) is 33.3 Å². The van der Waals surface area contributed by atoms with Crippen LogP contribution in [-0.2, 0) is 5.41 Å². The van der Waals surface area contributed by atoms with Gasteiger partial charge in [0.1, 0.15) is 5.75 Å². The molecule has 0 atom stereocenters. The molecule has 0 unspecified atom stereocenters. The third-order valence-electron chi connectivity index (χ3n) is 3.98. The molecule has 6 heteroatoms. The average Bonchev–Trinajstić information content (AvgIpc) is 2.63. The largest absolute Gasteiger partial charge is 0.494 e. The van der Waals surface area contributed by atoms with Gasteiger partial charge in [-0.25, -0.2) is 0 Å². The quantitative estimate of drug-likeness (QED) is 0.638. The molecule has 2 N–H and O–H groups in total. The molecule has 0 aliphatic carbocycles. The van der Waals surface area contributed by atoms with E-state index in [1.165, 1.54) is 5.56 Å². The molecule has 27 heavy (non-hydrogen) atoms. The van der Waals surface area contributed by atoms with Gasteiger partial charge in [0.05, 0.1) is 12.8 Å². The molecule has 3 aromatic rings. The van der Waals surface area contributed by atoms with Crippen LogP contribution in [0.4, 0.5) is 23.1 Å². The second-order valence-corrected chi connectivity index (χ2v) is 7.17. The van der Waals surface area contributed by atoms with Crippen LogP contribution in [-0.4, -0.2) is 21.8 Å². The lowest BCUT2D eigenvalue weighted by atomic mass is 9.86. The van der Waals surface area contributed by atoms with Crippen molar-refractivity contribution in [1.82, 2.24) is 15.2 Å². The predicted octanol–water partition coefficient (Wildman–Crippen LogP) is 5.06. The highest BCUT2D eigenvalue weighted by Crippen LogP contribution is 2.30. The van der Waals surface area contributed by atoms with Crippen molar-refractivity contribution in [1.29, 1.82) is 0 Å². The lowest BCUT2D eigenvalue weighted by molar-refractivity contribution is 0.340. The number of aromatic nitrogens is 3. The van der Waals surface area contributed by atoms with Crippen molar-refractivity contribution in [3.63, 3.8) is 0 Å². The maximum Gasteiger partial charge on any atom is 0.249 e. The maximum absolute atomic E-state index is 5.46. The van der Waals surface area contributed by atoms with Crippen molar-refractivity contribution >= 4 is 23.1 Å². The summed E-state index contributed by atoms with van der Waals surface area (Å²) < 4.78 is 5.46. The second-order valence-electron chi connectivity index (χ2n) is 7.17. The molecule has 6 nitrogen and oxygen atoms in total. The Morgan fingerprint density at radius 3 is 2.41 bits per heavy atom. The predicted molar refractivity (Wildman–Crippen MR) is 109 cm³/mol. The van der Waals surface area contributed by atoms with Crippen LogP contribution >= 0.6 is 0 Å². The van der Waals surface area contributed by atoms with Crippen LogP contribution in [0.3, 0.4) is 0 Å². The lowest BCUT2D eigenvalue weighted by Gasteiger charge is -2.22. The Kier molecular flexibility index (Phi) is 5.54. The number of rotatable bonds is 6. The summed E-state index contributed by atoms with van der Waals surface area (Å²) in [4.78, 5) is 4.52. The van der Waals surface area contributed by atoms with Gasteiger partial charge in [-0.15, -0.1) is 5.10 Å². The minimum Gasteiger partial charge on any atom is -0.494 e. The van der Waals surface area contributed by atoms with Gasteiger partial charge in [-0.1, -0.05) is 39.0 Å². The Morgan fingerprint density at radius 1 is 0.963 bits per heavy atom. The van der Waals surface area contributed by atoms with E-state index in [9.17, 15) is 0 Å². The van der Waals surface area contributed by atoms with E-state index in [4.69, 9.17) is 4.74 Å². The van der Waals surface area contributed by atoms with Crippen LogP contribution in [0.2, 0.25) is 0 Å². The summed E-state index contributed by atoms with van der Waals surface area (Å²) >= 11 is 0. The zero-order valence-corrected chi connectivity index (χ0v) is 16.2. The van der Waals surface area contributed by atoms with E-state index in [0.717, 1.165) is 17.1 Å². The molecule has 1 aromatic heterocycles. The number of anilines is 4. The van der Waals surface area contributed by atoms with Crippen LogP contribution in [0.15, 0.2) is 54.7 Å². The highest BCUT2D eigenvalue weighted by atomic mass is 16.5. The molecule has 0 amide bonds. The zero-order chi connectivity index (χ0) is 19.3. The van der Waals surface area contributed by atoms with Gasteiger partial charge < -0.3 is 15.4 Å². The highest BCUT2D eigenvalue weighted by Gasteiger charge is 2.18. The fourth-order valence-electron chi connectivity index (χ4n) is 2.73. The summed E-state index contributed by atoms with van der Waals surface area (Å²) in [6.45, 7) is 9.14. The zero-order valence-electron chi connectivity index (χ0n) is 16.2. The molecule has 0 fully saturated rings. The van der Waals surface area contributed by atoms with Crippen molar-refractivity contribution < 1.29 is 4.74 Å². The molecule has 2 aromatic carbocycles. The van der Waals surface area contributed by atoms with Gasteiger partial charge >= 0.3 is 0 Å². The molecule has 0 spiro atoms. The first kappa shape index (κ1) is 18.6. The molecular formula is C21H25N5O. The van der Waals surface area contributed by atoms with Crippen molar-refractivity contribution in [2.24, 2.45) is 0 Å². The first-order chi connectivity index (χ1) is 13.0. The van der Waals surface area contributed by atoms with Gasteiger partial charge in [0.25, 0.3) is 0 Å². The van der Waals surface area contributed by atoms with Gasteiger partial charge in [-0.2, -0.15) is 10.1 Å². The summed E-state index contributed by atoms with van der Waals surface area (Å²) in [5.74, 6) is 1.90. The normalized spacial score (nSPS) is 11.1. The number of nitrogens with zero attached hydrogens (tertiary/aromatic N) is 3. The first-order valence-electron chi connectivity index (χ1n) is 9.02. The van der Waals surface area contributed by atoms with Crippen LogP contribution < -0.4 is 15.4 Å².